The third-order valence-electron chi connectivity index (χ3n) is 2.86. The van der Waals surface area contributed by atoms with Crippen molar-refractivity contribution < 1.29 is 18.5 Å². The lowest BCUT2D eigenvalue weighted by molar-refractivity contribution is 0.211. The highest BCUT2D eigenvalue weighted by atomic mass is 31.2. The molecule has 0 aromatic carbocycles. The van der Waals surface area contributed by atoms with Crippen molar-refractivity contribution in [1.29, 1.82) is 0 Å². The van der Waals surface area contributed by atoms with E-state index in [0.717, 1.165) is 25.7 Å². The maximum atomic E-state index is 8.58. The van der Waals surface area contributed by atoms with Crippen molar-refractivity contribution in [1.82, 2.24) is 0 Å². The van der Waals surface area contributed by atoms with Gasteiger partial charge in [0.1, 0.15) is 0 Å². The van der Waals surface area contributed by atoms with Gasteiger partial charge in [0.15, 0.2) is 17.4 Å². The van der Waals surface area contributed by atoms with Crippen molar-refractivity contribution in [2.24, 2.45) is 5.92 Å². The first-order chi connectivity index (χ1) is 7.31. The SMILES string of the molecule is COP(OC)C1CCC(COPO)CC1. The fourth-order valence-corrected chi connectivity index (χ4v) is 3.83. The van der Waals surface area contributed by atoms with Gasteiger partial charge in [-0.25, -0.2) is 0 Å². The predicted molar refractivity (Wildman–Crippen MR) is 63.2 cm³/mol. The van der Waals surface area contributed by atoms with E-state index in [4.69, 9.17) is 18.5 Å². The first-order valence-corrected chi connectivity index (χ1v) is 7.30. The minimum absolute atomic E-state index is 0.374. The van der Waals surface area contributed by atoms with Crippen LogP contribution in [0.3, 0.4) is 0 Å². The van der Waals surface area contributed by atoms with Crippen molar-refractivity contribution in [3.8, 4) is 0 Å². The Morgan fingerprint density at radius 1 is 1.20 bits per heavy atom. The summed E-state index contributed by atoms with van der Waals surface area (Å²) in [6.45, 7) is 0.694. The standard InChI is InChI=1S/C9H20O4P2/c1-11-15(12-2)9-5-3-8(4-6-9)7-13-14-10/h8-10,14H,3-7H2,1-2H3. The average Bonchev–Trinajstić information content (AvgIpc) is 2.29. The van der Waals surface area contributed by atoms with Crippen LogP contribution >= 0.6 is 17.4 Å². The van der Waals surface area contributed by atoms with Crippen LogP contribution in [0.4, 0.5) is 0 Å². The van der Waals surface area contributed by atoms with Crippen molar-refractivity contribution in [2.45, 2.75) is 31.3 Å². The molecule has 0 aromatic heterocycles. The molecule has 1 aliphatic carbocycles. The summed E-state index contributed by atoms with van der Waals surface area (Å²) in [6, 6.07) is 0. The summed E-state index contributed by atoms with van der Waals surface area (Å²) in [5, 5.41) is 0. The van der Waals surface area contributed by atoms with Crippen LogP contribution in [0.5, 0.6) is 0 Å². The molecule has 1 atom stereocenters. The molecule has 1 N–H and O–H groups in total. The van der Waals surface area contributed by atoms with Gasteiger partial charge in [-0.2, -0.15) is 0 Å². The first-order valence-electron chi connectivity index (χ1n) is 5.20. The third-order valence-corrected chi connectivity index (χ3v) is 4.99. The summed E-state index contributed by atoms with van der Waals surface area (Å²) in [5.74, 6) is 0.603. The lowest BCUT2D eigenvalue weighted by Gasteiger charge is -2.31. The molecule has 0 heterocycles. The lowest BCUT2D eigenvalue weighted by atomic mass is 9.90. The van der Waals surface area contributed by atoms with Crippen LogP contribution in [0, 0.1) is 5.92 Å². The van der Waals surface area contributed by atoms with E-state index in [1.54, 1.807) is 14.2 Å². The van der Waals surface area contributed by atoms with Crippen LogP contribution in [-0.4, -0.2) is 31.4 Å². The molecule has 0 spiro atoms. The molecular formula is C9H20O4P2. The number of hydrogen-bond donors (Lipinski definition) is 1. The molecule has 0 radical (unpaired) electrons. The van der Waals surface area contributed by atoms with Crippen LogP contribution < -0.4 is 0 Å². The second kappa shape index (κ2) is 7.89. The van der Waals surface area contributed by atoms with Gasteiger partial charge >= 0.3 is 0 Å². The molecule has 6 heteroatoms. The summed E-state index contributed by atoms with van der Waals surface area (Å²) in [6.07, 6.45) is 4.60. The molecule has 0 aliphatic heterocycles. The molecule has 1 saturated carbocycles. The third kappa shape index (κ3) is 4.60. The van der Waals surface area contributed by atoms with E-state index in [1.807, 2.05) is 0 Å². The van der Waals surface area contributed by atoms with Gasteiger partial charge in [-0.15, -0.1) is 0 Å². The fraction of sp³-hybridized carbons (Fsp3) is 1.00. The molecule has 0 aromatic rings. The molecule has 1 fully saturated rings. The van der Waals surface area contributed by atoms with Gasteiger partial charge in [-0.1, -0.05) is 0 Å². The maximum Gasteiger partial charge on any atom is 0.173 e. The minimum Gasteiger partial charge on any atom is -0.352 e. The van der Waals surface area contributed by atoms with Gasteiger partial charge in [0.05, 0.1) is 6.61 Å². The van der Waals surface area contributed by atoms with Gasteiger partial charge in [0.25, 0.3) is 0 Å². The van der Waals surface area contributed by atoms with E-state index >= 15 is 0 Å². The highest BCUT2D eigenvalue weighted by Gasteiger charge is 2.28. The lowest BCUT2D eigenvalue weighted by Crippen LogP contribution is -2.20. The Hall–Kier alpha value is 0.700. The van der Waals surface area contributed by atoms with Crippen molar-refractivity contribution in [3.05, 3.63) is 0 Å². The quantitative estimate of drug-likeness (QED) is 0.740. The summed E-state index contributed by atoms with van der Waals surface area (Å²) in [5.41, 5.74) is 0.572. The molecule has 15 heavy (non-hydrogen) atoms. The van der Waals surface area contributed by atoms with Crippen LogP contribution in [0.1, 0.15) is 25.7 Å². The Morgan fingerprint density at radius 3 is 2.27 bits per heavy atom. The average molecular weight is 254 g/mol. The van der Waals surface area contributed by atoms with Gasteiger partial charge < -0.3 is 18.5 Å². The van der Waals surface area contributed by atoms with Crippen LogP contribution in [0.15, 0.2) is 0 Å². The van der Waals surface area contributed by atoms with Crippen LogP contribution in [0.2, 0.25) is 0 Å². The second-order valence-corrected chi connectivity index (χ2v) is 6.23. The van der Waals surface area contributed by atoms with Crippen LogP contribution in [0.25, 0.3) is 0 Å². The Bertz CT molecular complexity index is 158. The molecule has 4 nitrogen and oxygen atoms in total. The van der Waals surface area contributed by atoms with Gasteiger partial charge in [0, 0.05) is 19.9 Å². The topological polar surface area (TPSA) is 47.9 Å². The molecule has 0 amide bonds. The number of hydrogen-bond acceptors (Lipinski definition) is 4. The zero-order valence-electron chi connectivity index (χ0n) is 9.31. The summed E-state index contributed by atoms with van der Waals surface area (Å²) < 4.78 is 15.7. The normalized spacial score (nSPS) is 28.0. The Kier molecular flexibility index (Phi) is 7.24. The van der Waals surface area contributed by atoms with E-state index in [9.17, 15) is 0 Å². The highest BCUT2D eigenvalue weighted by Crippen LogP contribution is 2.49. The predicted octanol–water partition coefficient (Wildman–Crippen LogP) is 2.67. The molecular weight excluding hydrogens is 234 g/mol. The van der Waals surface area contributed by atoms with Crippen molar-refractivity contribution in [2.75, 3.05) is 20.8 Å². The fourth-order valence-electron chi connectivity index (χ4n) is 2.05. The minimum atomic E-state index is -0.695. The Labute approximate surface area is 94.5 Å². The van der Waals surface area contributed by atoms with Gasteiger partial charge in [-0.3, -0.25) is 0 Å². The molecule has 1 rings (SSSR count). The zero-order chi connectivity index (χ0) is 11.1. The van der Waals surface area contributed by atoms with E-state index in [-0.39, 0.29) is 9.03 Å². The highest BCUT2D eigenvalue weighted by molar-refractivity contribution is 7.48. The monoisotopic (exact) mass is 254 g/mol. The summed E-state index contributed by atoms with van der Waals surface area (Å²) in [7, 11) is 2.37. The van der Waals surface area contributed by atoms with E-state index in [0.29, 0.717) is 18.2 Å². The summed E-state index contributed by atoms with van der Waals surface area (Å²) >= 11 is 0. The van der Waals surface area contributed by atoms with Crippen molar-refractivity contribution >= 4 is 17.4 Å². The van der Waals surface area contributed by atoms with Gasteiger partial charge in [-0.05, 0) is 31.6 Å². The van der Waals surface area contributed by atoms with Crippen molar-refractivity contribution in [3.63, 3.8) is 0 Å². The second-order valence-electron chi connectivity index (χ2n) is 3.73. The van der Waals surface area contributed by atoms with E-state index in [1.165, 1.54) is 0 Å². The molecule has 0 bridgehead atoms. The smallest absolute Gasteiger partial charge is 0.173 e. The zero-order valence-corrected chi connectivity index (χ0v) is 11.2. The molecule has 0 saturated heterocycles. The molecule has 1 aliphatic rings. The Balaban J connectivity index is 2.22. The molecule has 90 valence electrons. The van der Waals surface area contributed by atoms with E-state index < -0.39 is 8.38 Å². The van der Waals surface area contributed by atoms with E-state index in [2.05, 4.69) is 0 Å². The maximum absolute atomic E-state index is 8.58. The summed E-state index contributed by atoms with van der Waals surface area (Å²) in [4.78, 5) is 8.58. The number of rotatable bonds is 6. The first kappa shape index (κ1) is 13.8. The molecule has 1 unspecified atom stereocenters. The van der Waals surface area contributed by atoms with Crippen LogP contribution in [-0.2, 0) is 13.6 Å². The van der Waals surface area contributed by atoms with Gasteiger partial charge in [0.2, 0.25) is 0 Å². The Morgan fingerprint density at radius 2 is 1.80 bits per heavy atom. The largest absolute Gasteiger partial charge is 0.352 e.